The average Bonchev–Trinajstić information content (AvgIpc) is 2.40. The molecule has 0 amide bonds. The number of rotatable bonds is 7. The minimum Gasteiger partial charge on any atom is -0.357 e. The van der Waals surface area contributed by atoms with E-state index < -0.39 is 0 Å². The lowest BCUT2D eigenvalue weighted by molar-refractivity contribution is 0.399. The quantitative estimate of drug-likeness (QED) is 0.315. The monoisotopic (exact) mass is 408 g/mol. The largest absolute Gasteiger partial charge is 0.357 e. The summed E-state index contributed by atoms with van der Waals surface area (Å²) in [5.74, 6) is 0.553. The van der Waals surface area contributed by atoms with Crippen LogP contribution in [0.15, 0.2) is 29.3 Å². The average molecular weight is 408 g/mol. The number of guanidine groups is 1. The van der Waals surface area contributed by atoms with E-state index in [0.717, 1.165) is 37.6 Å². The molecule has 0 aliphatic carbocycles. The number of hydrogen-bond acceptors (Lipinski definition) is 2. The number of hydrogen-bond donors (Lipinski definition) is 2. The Bertz CT molecular complexity index is 424. The van der Waals surface area contributed by atoms with Crippen molar-refractivity contribution in [3.63, 3.8) is 0 Å². The molecule has 0 saturated heterocycles. The third-order valence-electron chi connectivity index (χ3n) is 2.73. The molecule has 0 bridgehead atoms. The maximum absolute atomic E-state index is 13.1. The minimum absolute atomic E-state index is 0. The molecule has 0 unspecified atom stereocenters. The molecule has 0 heterocycles. The smallest absolute Gasteiger partial charge is 0.191 e. The summed E-state index contributed by atoms with van der Waals surface area (Å²) in [6.45, 7) is 5.21. The van der Waals surface area contributed by atoms with Crippen LogP contribution >= 0.6 is 24.0 Å². The Hall–Kier alpha value is -0.890. The summed E-state index contributed by atoms with van der Waals surface area (Å²) in [6, 6.07) is 6.54. The van der Waals surface area contributed by atoms with Crippen LogP contribution in [0.2, 0.25) is 0 Å². The summed E-state index contributed by atoms with van der Waals surface area (Å²) in [6.07, 6.45) is 1.05. The molecule has 0 radical (unpaired) electrons. The van der Waals surface area contributed by atoms with Crippen molar-refractivity contribution in [2.24, 2.45) is 4.99 Å². The Morgan fingerprint density at radius 2 is 2.05 bits per heavy atom. The molecule has 0 fully saturated rings. The number of halogens is 2. The normalized spacial score (nSPS) is 11.2. The second-order valence-electron chi connectivity index (χ2n) is 4.91. The molecular weight excluding hydrogens is 382 g/mol. The molecule has 1 aromatic rings. The lowest BCUT2D eigenvalue weighted by Crippen LogP contribution is -2.38. The molecule has 120 valence electrons. The van der Waals surface area contributed by atoms with E-state index in [9.17, 15) is 4.39 Å². The highest BCUT2D eigenvalue weighted by Crippen LogP contribution is 2.04. The highest BCUT2D eigenvalue weighted by atomic mass is 127. The first-order chi connectivity index (χ1) is 9.61. The fourth-order valence-corrected chi connectivity index (χ4v) is 1.75. The predicted octanol–water partition coefficient (Wildman–Crippen LogP) is 2.45. The van der Waals surface area contributed by atoms with Gasteiger partial charge in [-0.2, -0.15) is 0 Å². The van der Waals surface area contributed by atoms with Crippen LogP contribution in [-0.2, 0) is 6.54 Å². The standard InChI is InChI=1S/C15H25FN4.HI/c1-4-17-15(18-9-6-10-20(2)3)19-12-13-7-5-8-14(16)11-13;/h5,7-8,11H,4,6,9-10,12H2,1-3H3,(H2,17,18,19);1H. The Kier molecular flexibility index (Phi) is 11.2. The zero-order valence-corrected chi connectivity index (χ0v) is 15.4. The van der Waals surface area contributed by atoms with Gasteiger partial charge in [0, 0.05) is 13.1 Å². The van der Waals surface area contributed by atoms with Crippen molar-refractivity contribution >= 4 is 29.9 Å². The SMILES string of the molecule is CCNC(=NCc1cccc(F)c1)NCCCN(C)C.I. The maximum atomic E-state index is 13.1. The molecule has 1 rings (SSSR count). The van der Waals surface area contributed by atoms with Gasteiger partial charge in [-0.15, -0.1) is 24.0 Å². The van der Waals surface area contributed by atoms with Crippen molar-refractivity contribution in [1.29, 1.82) is 0 Å². The Labute approximate surface area is 144 Å². The van der Waals surface area contributed by atoms with Gasteiger partial charge in [0.05, 0.1) is 6.54 Å². The van der Waals surface area contributed by atoms with Gasteiger partial charge in [-0.05, 0) is 51.7 Å². The number of aliphatic imine (C=N–C) groups is 1. The Morgan fingerprint density at radius 3 is 2.67 bits per heavy atom. The third kappa shape index (κ3) is 9.62. The summed E-state index contributed by atoms with van der Waals surface area (Å²) in [7, 11) is 4.12. The van der Waals surface area contributed by atoms with Gasteiger partial charge in [-0.25, -0.2) is 9.38 Å². The van der Waals surface area contributed by atoms with E-state index in [1.54, 1.807) is 6.07 Å². The molecule has 4 nitrogen and oxygen atoms in total. The molecular formula is C15H26FIN4. The predicted molar refractivity (Wildman–Crippen MR) is 97.8 cm³/mol. The van der Waals surface area contributed by atoms with Gasteiger partial charge < -0.3 is 15.5 Å². The highest BCUT2D eigenvalue weighted by molar-refractivity contribution is 14.0. The Morgan fingerprint density at radius 1 is 1.29 bits per heavy atom. The van der Waals surface area contributed by atoms with Crippen LogP contribution in [0.5, 0.6) is 0 Å². The van der Waals surface area contributed by atoms with Crippen molar-refractivity contribution in [2.75, 3.05) is 33.7 Å². The van der Waals surface area contributed by atoms with Crippen molar-refractivity contribution in [1.82, 2.24) is 15.5 Å². The maximum Gasteiger partial charge on any atom is 0.191 e. The van der Waals surface area contributed by atoms with Gasteiger partial charge in [0.1, 0.15) is 5.82 Å². The van der Waals surface area contributed by atoms with Crippen LogP contribution in [0.25, 0.3) is 0 Å². The summed E-state index contributed by atoms with van der Waals surface area (Å²) in [5, 5.41) is 6.47. The molecule has 0 aliphatic rings. The topological polar surface area (TPSA) is 39.7 Å². The highest BCUT2D eigenvalue weighted by Gasteiger charge is 1.98. The van der Waals surface area contributed by atoms with Crippen LogP contribution in [0, 0.1) is 5.82 Å². The summed E-state index contributed by atoms with van der Waals surface area (Å²) in [4.78, 5) is 6.61. The number of benzene rings is 1. The molecule has 0 spiro atoms. The minimum atomic E-state index is -0.221. The van der Waals surface area contributed by atoms with Gasteiger partial charge >= 0.3 is 0 Å². The van der Waals surface area contributed by atoms with Gasteiger partial charge in [-0.1, -0.05) is 12.1 Å². The van der Waals surface area contributed by atoms with Gasteiger partial charge in [0.15, 0.2) is 5.96 Å². The van der Waals surface area contributed by atoms with Crippen molar-refractivity contribution < 1.29 is 4.39 Å². The van der Waals surface area contributed by atoms with Crippen molar-refractivity contribution in [2.45, 2.75) is 19.9 Å². The summed E-state index contributed by atoms with van der Waals surface area (Å²) >= 11 is 0. The van der Waals surface area contributed by atoms with Crippen LogP contribution in [0.3, 0.4) is 0 Å². The molecule has 0 aromatic heterocycles. The fraction of sp³-hybridized carbons (Fsp3) is 0.533. The van der Waals surface area contributed by atoms with Crippen LogP contribution < -0.4 is 10.6 Å². The second kappa shape index (κ2) is 11.7. The molecule has 2 N–H and O–H groups in total. The van der Waals surface area contributed by atoms with Gasteiger partial charge in [-0.3, -0.25) is 0 Å². The number of nitrogens with zero attached hydrogens (tertiary/aromatic N) is 2. The molecule has 6 heteroatoms. The first-order valence-electron chi connectivity index (χ1n) is 7.03. The summed E-state index contributed by atoms with van der Waals surface area (Å²) in [5.41, 5.74) is 0.871. The molecule has 0 atom stereocenters. The Balaban J connectivity index is 0.00000400. The molecule has 0 saturated carbocycles. The van der Waals surface area contributed by atoms with Crippen molar-refractivity contribution in [3.05, 3.63) is 35.6 Å². The van der Waals surface area contributed by atoms with E-state index in [4.69, 9.17) is 0 Å². The van der Waals surface area contributed by atoms with E-state index in [1.165, 1.54) is 12.1 Å². The lowest BCUT2D eigenvalue weighted by atomic mass is 10.2. The summed E-state index contributed by atoms with van der Waals surface area (Å²) < 4.78 is 13.1. The lowest BCUT2D eigenvalue weighted by Gasteiger charge is -2.13. The van der Waals surface area contributed by atoms with Gasteiger partial charge in [0.2, 0.25) is 0 Å². The van der Waals surface area contributed by atoms with Gasteiger partial charge in [0.25, 0.3) is 0 Å². The second-order valence-corrected chi connectivity index (χ2v) is 4.91. The van der Waals surface area contributed by atoms with E-state index in [-0.39, 0.29) is 29.8 Å². The van der Waals surface area contributed by atoms with Crippen molar-refractivity contribution in [3.8, 4) is 0 Å². The van der Waals surface area contributed by atoms with E-state index in [0.29, 0.717) is 6.54 Å². The van der Waals surface area contributed by atoms with Crippen LogP contribution in [0.4, 0.5) is 4.39 Å². The van der Waals surface area contributed by atoms with E-state index in [1.807, 2.05) is 13.0 Å². The van der Waals surface area contributed by atoms with Crippen LogP contribution in [0.1, 0.15) is 18.9 Å². The first kappa shape index (κ1) is 20.1. The number of nitrogens with one attached hydrogen (secondary N) is 2. The zero-order chi connectivity index (χ0) is 14.8. The third-order valence-corrected chi connectivity index (χ3v) is 2.73. The molecule has 21 heavy (non-hydrogen) atoms. The van der Waals surface area contributed by atoms with E-state index >= 15 is 0 Å². The fourth-order valence-electron chi connectivity index (χ4n) is 1.75. The molecule has 0 aliphatic heterocycles. The van der Waals surface area contributed by atoms with Crippen LogP contribution in [-0.4, -0.2) is 44.6 Å². The molecule has 1 aromatic carbocycles. The van der Waals surface area contributed by atoms with E-state index in [2.05, 4.69) is 34.6 Å². The first-order valence-corrected chi connectivity index (χ1v) is 7.03. The zero-order valence-electron chi connectivity index (χ0n) is 13.0.